The van der Waals surface area contributed by atoms with E-state index in [2.05, 4.69) is 72.5 Å². The minimum Gasteiger partial charge on any atom is -0.490 e. The molecule has 1 N–H and O–H groups in total. The molecule has 220 valence electrons. The summed E-state index contributed by atoms with van der Waals surface area (Å²) in [5.41, 5.74) is 3.95. The van der Waals surface area contributed by atoms with Crippen LogP contribution in [0.1, 0.15) is 103 Å². The number of rotatable bonds is 6. The van der Waals surface area contributed by atoms with Gasteiger partial charge in [0.2, 0.25) is 0 Å². The number of hydrogen-bond acceptors (Lipinski definition) is 3. The maximum atomic E-state index is 11.4. The third-order valence-electron chi connectivity index (χ3n) is 7.88. The van der Waals surface area contributed by atoms with E-state index in [1.54, 1.807) is 0 Å². The molecule has 1 saturated carbocycles. The second kappa shape index (κ2) is 17.8. The van der Waals surface area contributed by atoms with E-state index >= 15 is 0 Å². The molecule has 4 heteroatoms. The Morgan fingerprint density at radius 2 is 1.35 bits per heavy atom. The molecule has 1 aliphatic heterocycles. The first-order valence-corrected chi connectivity index (χ1v) is 15.8. The third-order valence-corrected chi connectivity index (χ3v) is 7.88. The minimum absolute atomic E-state index is 0.207. The monoisotopic (exact) mass is 547 g/mol. The predicted octanol–water partition coefficient (Wildman–Crippen LogP) is 9.63. The normalized spacial score (nSPS) is 19.2. The molecule has 0 atom stereocenters. The Morgan fingerprint density at radius 3 is 1.93 bits per heavy atom. The molecular formula is C36H53NO3. The smallest absolute Gasteiger partial charge is 0.306 e. The molecule has 0 bridgehead atoms. The van der Waals surface area contributed by atoms with Gasteiger partial charge in [-0.05, 0) is 92.4 Å². The van der Waals surface area contributed by atoms with E-state index in [1.165, 1.54) is 40.3 Å². The van der Waals surface area contributed by atoms with E-state index in [0.29, 0.717) is 5.92 Å². The fraction of sp³-hybridized carbons (Fsp3) is 0.528. The highest BCUT2D eigenvalue weighted by molar-refractivity contribution is 5.90. The SMILES string of the molecule is CC.CC.CC.Cc1cc(OC2CCC(c3ccccc3)CC2)c(CN2CCC(C(=O)O)CC2)c2ccccc12. The molecule has 0 unspecified atom stereocenters. The van der Waals surface area contributed by atoms with Gasteiger partial charge < -0.3 is 9.84 Å². The Bertz CT molecular complexity index is 1130. The van der Waals surface area contributed by atoms with Crippen molar-refractivity contribution in [2.45, 2.75) is 106 Å². The average molecular weight is 548 g/mol. The Hall–Kier alpha value is -2.85. The van der Waals surface area contributed by atoms with E-state index in [0.717, 1.165) is 51.1 Å². The number of benzene rings is 3. The molecule has 1 aliphatic carbocycles. The molecule has 0 amide bonds. The Balaban J connectivity index is 0.000000876. The van der Waals surface area contributed by atoms with Gasteiger partial charge in [-0.3, -0.25) is 9.69 Å². The molecule has 1 saturated heterocycles. The number of carboxylic acids is 1. The standard InChI is InChI=1S/C30H35NO3.3C2H6/c1-21-19-29(34-25-13-11-23(12-14-25)22-7-3-2-4-8-22)28(27-10-6-5-9-26(21)27)20-31-17-15-24(16-18-31)30(32)33;3*1-2/h2-10,19,23-25H,11-18,20H2,1H3,(H,32,33);3*1-2H3. The molecule has 5 rings (SSSR count). The third kappa shape index (κ3) is 8.83. The largest absolute Gasteiger partial charge is 0.490 e. The van der Waals surface area contributed by atoms with Gasteiger partial charge in [-0.1, -0.05) is 96.1 Å². The summed E-state index contributed by atoms with van der Waals surface area (Å²) in [7, 11) is 0. The Labute approximate surface area is 243 Å². The van der Waals surface area contributed by atoms with E-state index in [9.17, 15) is 9.90 Å². The number of carbonyl (C=O) groups is 1. The first-order chi connectivity index (χ1) is 19.6. The zero-order valence-electron chi connectivity index (χ0n) is 26.1. The Morgan fingerprint density at radius 1 is 0.800 bits per heavy atom. The second-order valence-corrected chi connectivity index (χ2v) is 10.1. The van der Waals surface area contributed by atoms with Crippen molar-refractivity contribution in [1.29, 1.82) is 0 Å². The van der Waals surface area contributed by atoms with Crippen LogP contribution in [-0.4, -0.2) is 35.2 Å². The first kappa shape index (κ1) is 33.4. The molecule has 2 aliphatic rings. The molecule has 0 spiro atoms. The predicted molar refractivity (Wildman–Crippen MR) is 170 cm³/mol. The summed E-state index contributed by atoms with van der Waals surface area (Å²) in [6, 6.07) is 21.7. The number of piperidine rings is 1. The van der Waals surface area contributed by atoms with Gasteiger partial charge in [0.05, 0.1) is 12.0 Å². The second-order valence-electron chi connectivity index (χ2n) is 10.1. The number of hydrogen-bond donors (Lipinski definition) is 1. The summed E-state index contributed by atoms with van der Waals surface area (Å²) in [4.78, 5) is 13.8. The van der Waals surface area contributed by atoms with Gasteiger partial charge in [0, 0.05) is 12.1 Å². The zero-order chi connectivity index (χ0) is 29.5. The topological polar surface area (TPSA) is 49.8 Å². The summed E-state index contributed by atoms with van der Waals surface area (Å²) < 4.78 is 6.74. The van der Waals surface area contributed by atoms with Crippen LogP contribution in [0.15, 0.2) is 60.7 Å². The molecule has 40 heavy (non-hydrogen) atoms. The number of nitrogens with zero attached hydrogens (tertiary/aromatic N) is 1. The van der Waals surface area contributed by atoms with Crippen molar-refractivity contribution in [2.24, 2.45) is 5.92 Å². The zero-order valence-corrected chi connectivity index (χ0v) is 26.1. The molecule has 0 radical (unpaired) electrons. The van der Waals surface area contributed by atoms with Crippen molar-refractivity contribution in [3.05, 3.63) is 77.4 Å². The highest BCUT2D eigenvalue weighted by Crippen LogP contribution is 2.38. The Kier molecular flexibility index (Phi) is 14.8. The number of ether oxygens (including phenoxy) is 1. The number of aryl methyl sites for hydroxylation is 1. The number of carboxylic acid groups (broad SMARTS) is 1. The van der Waals surface area contributed by atoms with Crippen molar-refractivity contribution in [2.75, 3.05) is 13.1 Å². The molecule has 0 aromatic heterocycles. The van der Waals surface area contributed by atoms with E-state index in [1.807, 2.05) is 41.5 Å². The van der Waals surface area contributed by atoms with Crippen LogP contribution in [0.2, 0.25) is 0 Å². The number of aliphatic carboxylic acids is 1. The molecule has 3 aromatic rings. The molecule has 4 nitrogen and oxygen atoms in total. The van der Waals surface area contributed by atoms with Crippen molar-refractivity contribution in [3.63, 3.8) is 0 Å². The maximum absolute atomic E-state index is 11.4. The lowest BCUT2D eigenvalue weighted by molar-refractivity contribution is -0.143. The van der Waals surface area contributed by atoms with Gasteiger partial charge in [-0.2, -0.15) is 0 Å². The van der Waals surface area contributed by atoms with Crippen molar-refractivity contribution >= 4 is 16.7 Å². The van der Waals surface area contributed by atoms with Crippen LogP contribution >= 0.6 is 0 Å². The lowest BCUT2D eigenvalue weighted by atomic mass is 9.83. The van der Waals surface area contributed by atoms with Gasteiger partial charge in [0.1, 0.15) is 5.75 Å². The van der Waals surface area contributed by atoms with Crippen molar-refractivity contribution in [3.8, 4) is 5.75 Å². The molecule has 1 heterocycles. The van der Waals surface area contributed by atoms with Crippen molar-refractivity contribution < 1.29 is 14.6 Å². The van der Waals surface area contributed by atoms with Crippen LogP contribution < -0.4 is 4.74 Å². The summed E-state index contributed by atoms with van der Waals surface area (Å²) in [6.07, 6.45) is 6.18. The van der Waals surface area contributed by atoms with Crippen LogP contribution in [0.4, 0.5) is 0 Å². The summed E-state index contributed by atoms with van der Waals surface area (Å²) in [6.45, 7) is 16.6. The lowest BCUT2D eigenvalue weighted by Crippen LogP contribution is -2.36. The van der Waals surface area contributed by atoms with Gasteiger partial charge >= 0.3 is 5.97 Å². The molecular weight excluding hydrogens is 494 g/mol. The summed E-state index contributed by atoms with van der Waals surface area (Å²) in [5.74, 6) is 0.784. The van der Waals surface area contributed by atoms with E-state index in [4.69, 9.17) is 4.74 Å². The fourth-order valence-electron chi connectivity index (χ4n) is 5.83. The van der Waals surface area contributed by atoms with Crippen LogP contribution in [0.25, 0.3) is 10.8 Å². The maximum Gasteiger partial charge on any atom is 0.306 e. The molecule has 2 fully saturated rings. The lowest BCUT2D eigenvalue weighted by Gasteiger charge is -2.33. The number of likely N-dealkylation sites (tertiary alicyclic amines) is 1. The van der Waals surface area contributed by atoms with Crippen LogP contribution in [0.5, 0.6) is 5.75 Å². The van der Waals surface area contributed by atoms with Gasteiger partial charge in [0.15, 0.2) is 0 Å². The van der Waals surface area contributed by atoms with Crippen LogP contribution in [0.3, 0.4) is 0 Å². The summed E-state index contributed by atoms with van der Waals surface area (Å²) >= 11 is 0. The van der Waals surface area contributed by atoms with Crippen LogP contribution in [-0.2, 0) is 11.3 Å². The average Bonchev–Trinajstić information content (AvgIpc) is 3.03. The number of fused-ring (bicyclic) bond motifs is 1. The van der Waals surface area contributed by atoms with Crippen molar-refractivity contribution in [1.82, 2.24) is 4.90 Å². The molecule has 3 aromatic carbocycles. The van der Waals surface area contributed by atoms with Gasteiger partial charge in [-0.15, -0.1) is 0 Å². The van der Waals surface area contributed by atoms with Gasteiger partial charge in [-0.25, -0.2) is 0 Å². The highest BCUT2D eigenvalue weighted by atomic mass is 16.5. The summed E-state index contributed by atoms with van der Waals surface area (Å²) in [5, 5.41) is 11.9. The van der Waals surface area contributed by atoms with E-state index < -0.39 is 5.97 Å². The van der Waals surface area contributed by atoms with Crippen LogP contribution in [0, 0.1) is 12.8 Å². The highest BCUT2D eigenvalue weighted by Gasteiger charge is 2.27. The fourth-order valence-corrected chi connectivity index (χ4v) is 5.83. The van der Waals surface area contributed by atoms with Gasteiger partial charge in [0.25, 0.3) is 0 Å². The quantitative estimate of drug-likeness (QED) is 0.334. The first-order valence-electron chi connectivity index (χ1n) is 15.8. The minimum atomic E-state index is -0.657. The van der Waals surface area contributed by atoms with E-state index in [-0.39, 0.29) is 12.0 Å².